The molecule has 2 aromatic heterocycles. The molecule has 0 aliphatic heterocycles. The van der Waals surface area contributed by atoms with Gasteiger partial charge in [-0.15, -0.1) is 0 Å². The van der Waals surface area contributed by atoms with Crippen LogP contribution in [0.5, 0.6) is 0 Å². The maximum atomic E-state index is 12.2. The average molecular weight is 279 g/mol. The second-order valence-corrected chi connectivity index (χ2v) is 5.08. The molecule has 4 heteroatoms. The van der Waals surface area contributed by atoms with Gasteiger partial charge in [-0.25, -0.2) is 0 Å². The van der Waals surface area contributed by atoms with Gasteiger partial charge >= 0.3 is 0 Å². The van der Waals surface area contributed by atoms with E-state index in [0.29, 0.717) is 6.42 Å². The summed E-state index contributed by atoms with van der Waals surface area (Å²) in [4.78, 5) is 19.6. The first kappa shape index (κ1) is 13.4. The third kappa shape index (κ3) is 2.94. The van der Waals surface area contributed by atoms with E-state index in [4.69, 9.17) is 0 Å². The summed E-state index contributed by atoms with van der Waals surface area (Å²) in [6.45, 7) is 1.94. The molecule has 21 heavy (non-hydrogen) atoms. The number of benzene rings is 1. The van der Waals surface area contributed by atoms with E-state index in [0.717, 1.165) is 22.2 Å². The number of nitrogens with zero attached hydrogens (tertiary/aromatic N) is 1. The van der Waals surface area contributed by atoms with E-state index in [1.165, 1.54) is 0 Å². The van der Waals surface area contributed by atoms with E-state index in [1.807, 2.05) is 55.6 Å². The van der Waals surface area contributed by atoms with Crippen LogP contribution in [0.3, 0.4) is 0 Å². The summed E-state index contributed by atoms with van der Waals surface area (Å²) < 4.78 is 0. The number of carbonyl (C=O) groups excluding carboxylic acids is 1. The van der Waals surface area contributed by atoms with Crippen LogP contribution in [0.25, 0.3) is 10.9 Å². The van der Waals surface area contributed by atoms with Crippen molar-refractivity contribution in [3.8, 4) is 0 Å². The van der Waals surface area contributed by atoms with E-state index in [2.05, 4.69) is 15.3 Å². The van der Waals surface area contributed by atoms with Gasteiger partial charge in [-0.3, -0.25) is 9.78 Å². The molecule has 2 N–H and O–H groups in total. The van der Waals surface area contributed by atoms with Crippen molar-refractivity contribution in [3.05, 3.63) is 66.1 Å². The molecule has 1 atom stereocenters. The third-order valence-electron chi connectivity index (χ3n) is 3.53. The second-order valence-electron chi connectivity index (χ2n) is 5.08. The summed E-state index contributed by atoms with van der Waals surface area (Å²) in [6, 6.07) is 13.6. The van der Waals surface area contributed by atoms with E-state index >= 15 is 0 Å². The van der Waals surface area contributed by atoms with Gasteiger partial charge in [-0.1, -0.05) is 24.3 Å². The van der Waals surface area contributed by atoms with Crippen molar-refractivity contribution < 1.29 is 4.79 Å². The Bertz CT molecular complexity index is 749. The number of para-hydroxylation sites is 1. The van der Waals surface area contributed by atoms with Gasteiger partial charge in [0.25, 0.3) is 0 Å². The molecule has 1 amide bonds. The Kier molecular flexibility index (Phi) is 3.69. The molecule has 0 saturated heterocycles. The molecular weight excluding hydrogens is 262 g/mol. The van der Waals surface area contributed by atoms with Crippen molar-refractivity contribution in [2.75, 3.05) is 0 Å². The van der Waals surface area contributed by atoms with Crippen molar-refractivity contribution in [1.29, 1.82) is 0 Å². The molecule has 0 spiro atoms. The molecule has 0 bridgehead atoms. The minimum Gasteiger partial charge on any atom is -0.361 e. The van der Waals surface area contributed by atoms with Gasteiger partial charge in [0.05, 0.1) is 18.2 Å². The van der Waals surface area contributed by atoms with Crippen LogP contribution >= 0.6 is 0 Å². The monoisotopic (exact) mass is 279 g/mol. The molecule has 0 aliphatic rings. The highest BCUT2D eigenvalue weighted by Crippen LogP contribution is 2.18. The SMILES string of the molecule is C[C@H](NC(=O)Cc1c[nH]c2ccccc12)c1ccccn1. The summed E-state index contributed by atoms with van der Waals surface area (Å²) in [7, 11) is 0. The first-order chi connectivity index (χ1) is 10.2. The van der Waals surface area contributed by atoms with Gasteiger partial charge in [0.2, 0.25) is 5.91 Å². The quantitative estimate of drug-likeness (QED) is 0.771. The van der Waals surface area contributed by atoms with Gasteiger partial charge in [0.1, 0.15) is 0 Å². The lowest BCUT2D eigenvalue weighted by molar-refractivity contribution is -0.121. The minimum absolute atomic E-state index is 0.00194. The van der Waals surface area contributed by atoms with E-state index in [-0.39, 0.29) is 11.9 Å². The van der Waals surface area contributed by atoms with Crippen molar-refractivity contribution >= 4 is 16.8 Å². The van der Waals surface area contributed by atoms with E-state index in [9.17, 15) is 4.79 Å². The Morgan fingerprint density at radius 2 is 2.05 bits per heavy atom. The molecule has 0 aliphatic carbocycles. The number of aromatic nitrogens is 2. The number of pyridine rings is 1. The summed E-state index contributed by atoms with van der Waals surface area (Å²) in [5, 5.41) is 4.08. The summed E-state index contributed by atoms with van der Waals surface area (Å²) >= 11 is 0. The smallest absolute Gasteiger partial charge is 0.225 e. The van der Waals surface area contributed by atoms with Gasteiger partial charge in [0, 0.05) is 23.3 Å². The fraction of sp³-hybridized carbons (Fsp3) is 0.176. The predicted molar refractivity (Wildman–Crippen MR) is 82.8 cm³/mol. The summed E-state index contributed by atoms with van der Waals surface area (Å²) in [5.74, 6) is -0.00194. The number of nitrogens with one attached hydrogen (secondary N) is 2. The molecule has 106 valence electrons. The zero-order valence-electron chi connectivity index (χ0n) is 11.8. The Hall–Kier alpha value is -2.62. The lowest BCUT2D eigenvalue weighted by Crippen LogP contribution is -2.28. The molecule has 4 nitrogen and oxygen atoms in total. The molecule has 0 fully saturated rings. The highest BCUT2D eigenvalue weighted by Gasteiger charge is 2.12. The molecule has 1 aromatic carbocycles. The molecule has 3 rings (SSSR count). The average Bonchev–Trinajstić information content (AvgIpc) is 2.91. The molecule has 0 saturated carbocycles. The van der Waals surface area contributed by atoms with Crippen molar-refractivity contribution in [3.63, 3.8) is 0 Å². The lowest BCUT2D eigenvalue weighted by Gasteiger charge is -2.13. The molecule has 3 aromatic rings. The summed E-state index contributed by atoms with van der Waals surface area (Å²) in [5.41, 5.74) is 2.93. The topological polar surface area (TPSA) is 57.8 Å². The fourth-order valence-electron chi connectivity index (χ4n) is 2.45. The lowest BCUT2D eigenvalue weighted by atomic mass is 10.1. The zero-order valence-corrected chi connectivity index (χ0v) is 11.8. The molecule has 0 radical (unpaired) electrons. The molecule has 2 heterocycles. The number of carbonyl (C=O) groups is 1. The second kappa shape index (κ2) is 5.79. The third-order valence-corrected chi connectivity index (χ3v) is 3.53. The number of amides is 1. The fourth-order valence-corrected chi connectivity index (χ4v) is 2.45. The van der Waals surface area contributed by atoms with Crippen LogP contribution in [0.15, 0.2) is 54.9 Å². The van der Waals surface area contributed by atoms with Crippen LogP contribution in [-0.2, 0) is 11.2 Å². The maximum Gasteiger partial charge on any atom is 0.225 e. The van der Waals surface area contributed by atoms with Gasteiger partial charge < -0.3 is 10.3 Å². The largest absolute Gasteiger partial charge is 0.361 e. The Balaban J connectivity index is 1.69. The number of rotatable bonds is 4. The van der Waals surface area contributed by atoms with Crippen molar-refractivity contribution in [2.24, 2.45) is 0 Å². The first-order valence-electron chi connectivity index (χ1n) is 6.99. The predicted octanol–water partition coefficient (Wildman–Crippen LogP) is 2.98. The highest BCUT2D eigenvalue weighted by molar-refractivity contribution is 5.88. The van der Waals surface area contributed by atoms with Gasteiger partial charge in [0.15, 0.2) is 0 Å². The van der Waals surface area contributed by atoms with Crippen molar-refractivity contribution in [1.82, 2.24) is 15.3 Å². The zero-order chi connectivity index (χ0) is 14.7. The Labute approximate surface area is 123 Å². The van der Waals surface area contributed by atoms with Crippen LogP contribution in [0.4, 0.5) is 0 Å². The Morgan fingerprint density at radius 3 is 2.86 bits per heavy atom. The van der Waals surface area contributed by atoms with E-state index in [1.54, 1.807) is 6.20 Å². The number of fused-ring (bicyclic) bond motifs is 1. The maximum absolute atomic E-state index is 12.2. The normalized spacial score (nSPS) is 12.2. The van der Waals surface area contributed by atoms with Crippen LogP contribution in [0, 0.1) is 0 Å². The first-order valence-corrected chi connectivity index (χ1v) is 6.99. The number of aromatic amines is 1. The highest BCUT2D eigenvalue weighted by atomic mass is 16.1. The van der Waals surface area contributed by atoms with Gasteiger partial charge in [-0.2, -0.15) is 0 Å². The van der Waals surface area contributed by atoms with Crippen LogP contribution in [0.2, 0.25) is 0 Å². The van der Waals surface area contributed by atoms with Crippen LogP contribution in [0.1, 0.15) is 24.2 Å². The van der Waals surface area contributed by atoms with Crippen LogP contribution < -0.4 is 5.32 Å². The van der Waals surface area contributed by atoms with Gasteiger partial charge in [-0.05, 0) is 30.7 Å². The Morgan fingerprint density at radius 1 is 1.24 bits per heavy atom. The minimum atomic E-state index is -0.0936. The number of hydrogen-bond acceptors (Lipinski definition) is 2. The number of H-pyrrole nitrogens is 1. The molecular formula is C17H17N3O. The standard InChI is InChI=1S/C17H17N3O/c1-12(15-7-4-5-9-18-15)20-17(21)10-13-11-19-16-8-3-2-6-14(13)16/h2-9,11-12,19H,10H2,1H3,(H,20,21)/t12-/m0/s1. The van der Waals surface area contributed by atoms with E-state index < -0.39 is 0 Å². The van der Waals surface area contributed by atoms with Crippen LogP contribution in [-0.4, -0.2) is 15.9 Å². The number of hydrogen-bond donors (Lipinski definition) is 2. The summed E-state index contributed by atoms with van der Waals surface area (Å²) in [6.07, 6.45) is 3.99. The van der Waals surface area contributed by atoms with Crippen molar-refractivity contribution in [2.45, 2.75) is 19.4 Å². The molecule has 0 unspecified atom stereocenters.